The molecule has 5 nitrogen and oxygen atoms in total. The Morgan fingerprint density at radius 2 is 1.77 bits per heavy atom. The Labute approximate surface area is 154 Å². The fourth-order valence-corrected chi connectivity index (χ4v) is 3.24. The minimum atomic E-state index is -0.149. The van der Waals surface area contributed by atoms with Gasteiger partial charge in [0.2, 0.25) is 0 Å². The van der Waals surface area contributed by atoms with Gasteiger partial charge in [0.1, 0.15) is 12.0 Å². The average molecular weight is 352 g/mol. The fourth-order valence-electron chi connectivity index (χ4n) is 3.24. The second kappa shape index (κ2) is 9.15. The molecule has 1 fully saturated rings. The lowest BCUT2D eigenvalue weighted by Crippen LogP contribution is -2.38. The van der Waals surface area contributed by atoms with Gasteiger partial charge in [0.15, 0.2) is 6.61 Å². The van der Waals surface area contributed by atoms with Gasteiger partial charge in [-0.15, -0.1) is 0 Å². The molecule has 0 saturated carbocycles. The Balaban J connectivity index is 1.52. The summed E-state index contributed by atoms with van der Waals surface area (Å²) >= 11 is 0. The highest BCUT2D eigenvalue weighted by atomic mass is 16.5. The van der Waals surface area contributed by atoms with E-state index in [1.807, 2.05) is 18.2 Å². The van der Waals surface area contributed by atoms with Gasteiger partial charge in [0.25, 0.3) is 5.91 Å². The summed E-state index contributed by atoms with van der Waals surface area (Å²) < 4.78 is 5.49. The highest BCUT2D eigenvalue weighted by Crippen LogP contribution is 2.24. The standard InChI is InChI=1S/C21H24N2O3/c24-15-17-8-10-19(11-9-17)26-16-21(25)22-14-20(23-12-4-5-13-23)18-6-2-1-3-7-18/h1-3,6-11,15,20H,4-5,12-14,16H2,(H,22,25). The van der Waals surface area contributed by atoms with Crippen molar-refractivity contribution in [2.75, 3.05) is 26.2 Å². The van der Waals surface area contributed by atoms with Crippen LogP contribution in [0.3, 0.4) is 0 Å². The number of hydrogen-bond donors (Lipinski definition) is 1. The van der Waals surface area contributed by atoms with Gasteiger partial charge >= 0.3 is 0 Å². The molecule has 26 heavy (non-hydrogen) atoms. The van der Waals surface area contributed by atoms with E-state index in [1.54, 1.807) is 24.3 Å². The molecule has 0 radical (unpaired) electrons. The molecule has 136 valence electrons. The molecule has 1 atom stereocenters. The normalized spacial score (nSPS) is 15.4. The van der Waals surface area contributed by atoms with Gasteiger partial charge in [0, 0.05) is 12.1 Å². The molecule has 0 bridgehead atoms. The van der Waals surface area contributed by atoms with E-state index in [0.717, 1.165) is 19.4 Å². The van der Waals surface area contributed by atoms with Crippen LogP contribution in [0.2, 0.25) is 0 Å². The third-order valence-corrected chi connectivity index (χ3v) is 4.64. The molecule has 3 rings (SSSR count). The number of nitrogens with zero attached hydrogens (tertiary/aromatic N) is 1. The van der Waals surface area contributed by atoms with Crippen LogP contribution in [0.4, 0.5) is 0 Å². The van der Waals surface area contributed by atoms with Crippen LogP contribution in [0, 0.1) is 0 Å². The van der Waals surface area contributed by atoms with Gasteiger partial charge < -0.3 is 10.1 Å². The van der Waals surface area contributed by atoms with E-state index >= 15 is 0 Å². The lowest BCUT2D eigenvalue weighted by molar-refractivity contribution is -0.123. The topological polar surface area (TPSA) is 58.6 Å². The van der Waals surface area contributed by atoms with Crippen LogP contribution in [0.25, 0.3) is 0 Å². The quantitative estimate of drug-likeness (QED) is 0.742. The number of benzene rings is 2. The van der Waals surface area contributed by atoms with Crippen LogP contribution in [-0.2, 0) is 4.79 Å². The van der Waals surface area contributed by atoms with Crippen LogP contribution in [-0.4, -0.2) is 43.3 Å². The molecule has 1 aliphatic heterocycles. The molecular formula is C21H24N2O3. The fraction of sp³-hybridized carbons (Fsp3) is 0.333. The van der Waals surface area contributed by atoms with E-state index in [1.165, 1.54) is 18.4 Å². The Kier molecular flexibility index (Phi) is 6.39. The monoisotopic (exact) mass is 352 g/mol. The summed E-state index contributed by atoms with van der Waals surface area (Å²) in [7, 11) is 0. The third kappa shape index (κ3) is 4.92. The number of hydrogen-bond acceptors (Lipinski definition) is 4. The first-order valence-electron chi connectivity index (χ1n) is 9.00. The van der Waals surface area contributed by atoms with Gasteiger partial charge in [-0.25, -0.2) is 0 Å². The lowest BCUT2D eigenvalue weighted by atomic mass is 10.1. The van der Waals surface area contributed by atoms with Gasteiger partial charge in [0.05, 0.1) is 6.04 Å². The maximum atomic E-state index is 12.2. The first-order valence-corrected chi connectivity index (χ1v) is 9.00. The molecule has 1 aliphatic rings. The number of rotatable bonds is 8. The Hall–Kier alpha value is -2.66. The van der Waals surface area contributed by atoms with Crippen molar-refractivity contribution in [1.82, 2.24) is 10.2 Å². The van der Waals surface area contributed by atoms with Crippen molar-refractivity contribution in [3.63, 3.8) is 0 Å². The zero-order valence-electron chi connectivity index (χ0n) is 14.8. The first kappa shape index (κ1) is 18.1. The number of aldehydes is 1. The second-order valence-electron chi connectivity index (χ2n) is 6.45. The molecule has 0 aliphatic carbocycles. The molecule has 0 spiro atoms. The summed E-state index contributed by atoms with van der Waals surface area (Å²) in [6.45, 7) is 2.66. The van der Waals surface area contributed by atoms with Crippen LogP contribution in [0.1, 0.15) is 34.8 Å². The van der Waals surface area contributed by atoms with Gasteiger partial charge in [-0.1, -0.05) is 30.3 Å². The highest BCUT2D eigenvalue weighted by Gasteiger charge is 2.23. The summed E-state index contributed by atoms with van der Waals surface area (Å²) in [5.74, 6) is 0.425. The number of likely N-dealkylation sites (tertiary alicyclic amines) is 1. The molecule has 1 N–H and O–H groups in total. The van der Waals surface area contributed by atoms with Crippen LogP contribution >= 0.6 is 0 Å². The molecule has 1 amide bonds. The van der Waals surface area contributed by atoms with Crippen molar-refractivity contribution in [1.29, 1.82) is 0 Å². The van der Waals surface area contributed by atoms with Crippen LogP contribution < -0.4 is 10.1 Å². The largest absolute Gasteiger partial charge is 0.484 e. The molecule has 2 aromatic rings. The van der Waals surface area contributed by atoms with Crippen molar-refractivity contribution >= 4 is 12.2 Å². The summed E-state index contributed by atoms with van der Waals surface area (Å²) in [6.07, 6.45) is 3.19. The smallest absolute Gasteiger partial charge is 0.258 e. The first-order chi connectivity index (χ1) is 12.8. The Morgan fingerprint density at radius 3 is 2.42 bits per heavy atom. The SMILES string of the molecule is O=Cc1ccc(OCC(=O)NCC(c2ccccc2)N2CCCC2)cc1. The zero-order chi connectivity index (χ0) is 18.2. The Bertz CT molecular complexity index is 710. The number of amides is 1. The van der Waals surface area contributed by atoms with Crippen molar-refractivity contribution < 1.29 is 14.3 Å². The third-order valence-electron chi connectivity index (χ3n) is 4.64. The second-order valence-corrected chi connectivity index (χ2v) is 6.45. The molecule has 5 heteroatoms. The van der Waals surface area contributed by atoms with Crippen molar-refractivity contribution in [3.05, 3.63) is 65.7 Å². The van der Waals surface area contributed by atoms with Crippen LogP contribution in [0.5, 0.6) is 5.75 Å². The number of carbonyl (C=O) groups excluding carboxylic acids is 2. The van der Waals surface area contributed by atoms with E-state index < -0.39 is 0 Å². The molecular weight excluding hydrogens is 328 g/mol. The predicted octanol–water partition coefficient (Wildman–Crippen LogP) is 2.83. The maximum absolute atomic E-state index is 12.2. The number of ether oxygens (including phenoxy) is 1. The number of nitrogens with one attached hydrogen (secondary N) is 1. The van der Waals surface area contributed by atoms with Gasteiger partial charge in [-0.3, -0.25) is 14.5 Å². The summed E-state index contributed by atoms with van der Waals surface area (Å²) in [5, 5.41) is 2.99. The molecule has 1 unspecified atom stereocenters. The minimum absolute atomic E-state index is 0.0397. The van der Waals surface area contributed by atoms with Crippen LogP contribution in [0.15, 0.2) is 54.6 Å². The molecule has 2 aromatic carbocycles. The summed E-state index contributed by atoms with van der Waals surface area (Å²) in [5.41, 5.74) is 1.80. The maximum Gasteiger partial charge on any atom is 0.258 e. The summed E-state index contributed by atoms with van der Waals surface area (Å²) in [4.78, 5) is 25.3. The van der Waals surface area contributed by atoms with E-state index in [9.17, 15) is 9.59 Å². The van der Waals surface area contributed by atoms with E-state index in [2.05, 4.69) is 22.3 Å². The molecule has 1 heterocycles. The van der Waals surface area contributed by atoms with E-state index in [0.29, 0.717) is 17.9 Å². The van der Waals surface area contributed by atoms with Crippen molar-refractivity contribution in [2.24, 2.45) is 0 Å². The summed E-state index contributed by atoms with van der Waals surface area (Å²) in [6, 6.07) is 17.2. The lowest BCUT2D eigenvalue weighted by Gasteiger charge is -2.28. The minimum Gasteiger partial charge on any atom is -0.484 e. The highest BCUT2D eigenvalue weighted by molar-refractivity contribution is 5.77. The van der Waals surface area contributed by atoms with Crippen molar-refractivity contribution in [2.45, 2.75) is 18.9 Å². The molecule has 0 aromatic heterocycles. The zero-order valence-corrected chi connectivity index (χ0v) is 14.8. The number of carbonyl (C=O) groups is 2. The van der Waals surface area contributed by atoms with Crippen molar-refractivity contribution in [3.8, 4) is 5.75 Å². The van der Waals surface area contributed by atoms with Gasteiger partial charge in [-0.05, 0) is 55.8 Å². The van der Waals surface area contributed by atoms with E-state index in [4.69, 9.17) is 4.74 Å². The van der Waals surface area contributed by atoms with E-state index in [-0.39, 0.29) is 18.6 Å². The average Bonchev–Trinajstić information content (AvgIpc) is 3.22. The Morgan fingerprint density at radius 1 is 1.08 bits per heavy atom. The predicted molar refractivity (Wildman–Crippen MR) is 100 cm³/mol. The van der Waals surface area contributed by atoms with Gasteiger partial charge in [-0.2, -0.15) is 0 Å². The molecule has 1 saturated heterocycles.